The summed E-state index contributed by atoms with van der Waals surface area (Å²) in [6.07, 6.45) is 4.41. The number of amides is 1. The van der Waals surface area contributed by atoms with Crippen LogP contribution in [0.2, 0.25) is 0 Å². The summed E-state index contributed by atoms with van der Waals surface area (Å²) in [5.74, 6) is 0.144. The second-order valence-corrected chi connectivity index (χ2v) is 10.9. The van der Waals surface area contributed by atoms with Crippen molar-refractivity contribution in [3.63, 3.8) is 0 Å². The fraction of sp³-hybridized carbons (Fsp3) is 0.212. The van der Waals surface area contributed by atoms with Gasteiger partial charge in [-0.25, -0.2) is 18.7 Å². The lowest BCUT2D eigenvalue weighted by atomic mass is 10.1. The van der Waals surface area contributed by atoms with Crippen molar-refractivity contribution in [1.29, 1.82) is 0 Å². The number of fused-ring (bicyclic) bond motifs is 2. The van der Waals surface area contributed by atoms with Crippen molar-refractivity contribution < 1.29 is 18.3 Å². The molecule has 0 spiro atoms. The van der Waals surface area contributed by atoms with Crippen LogP contribution in [0.4, 0.5) is 20.4 Å². The van der Waals surface area contributed by atoms with Crippen molar-refractivity contribution in [3.05, 3.63) is 108 Å². The van der Waals surface area contributed by atoms with Crippen molar-refractivity contribution in [2.75, 3.05) is 23.3 Å². The fourth-order valence-corrected chi connectivity index (χ4v) is 5.82. The van der Waals surface area contributed by atoms with Gasteiger partial charge in [0.25, 0.3) is 5.91 Å². The number of anilines is 2. The Hall–Kier alpha value is -5.32. The van der Waals surface area contributed by atoms with Gasteiger partial charge in [0.1, 0.15) is 35.1 Å². The molecule has 0 aliphatic carbocycles. The first-order valence-electron chi connectivity index (χ1n) is 14.4. The van der Waals surface area contributed by atoms with Crippen LogP contribution in [-0.4, -0.2) is 49.2 Å². The number of aromatic nitrogens is 5. The predicted molar refractivity (Wildman–Crippen MR) is 164 cm³/mol. The van der Waals surface area contributed by atoms with Gasteiger partial charge in [0, 0.05) is 44.9 Å². The van der Waals surface area contributed by atoms with Crippen LogP contribution < -0.4 is 15.0 Å². The van der Waals surface area contributed by atoms with E-state index in [1.165, 1.54) is 30.6 Å². The lowest BCUT2D eigenvalue weighted by Crippen LogP contribution is -2.39. The maximum Gasteiger partial charge on any atom is 0.259 e. The first-order valence-corrected chi connectivity index (χ1v) is 14.4. The van der Waals surface area contributed by atoms with Gasteiger partial charge in [-0.3, -0.25) is 4.79 Å². The Kier molecular flexibility index (Phi) is 7.13. The SMILES string of the molecule is Cn1cc(C(=O)Nc2cccc(F)c2)c2ncnc(OC3CCN(c4nc5ccccc5n4Cc4cccc(F)c4)CC3)c21. The maximum absolute atomic E-state index is 14.0. The molecule has 0 bridgehead atoms. The number of carbonyl (C=O) groups excluding carboxylic acids is 1. The number of benzene rings is 3. The van der Waals surface area contributed by atoms with Crippen LogP contribution in [0.5, 0.6) is 5.88 Å². The van der Waals surface area contributed by atoms with Crippen LogP contribution in [0.1, 0.15) is 28.8 Å². The zero-order valence-corrected chi connectivity index (χ0v) is 24.0. The molecule has 4 heterocycles. The molecular formula is C33H29F2N7O2. The van der Waals surface area contributed by atoms with E-state index in [-0.39, 0.29) is 11.9 Å². The Balaban J connectivity index is 1.09. The van der Waals surface area contributed by atoms with Crippen LogP contribution in [0.3, 0.4) is 0 Å². The zero-order valence-electron chi connectivity index (χ0n) is 24.0. The minimum Gasteiger partial charge on any atom is -0.473 e. The molecule has 0 unspecified atom stereocenters. The monoisotopic (exact) mass is 593 g/mol. The highest BCUT2D eigenvalue weighted by atomic mass is 19.1. The number of nitrogens with one attached hydrogen (secondary N) is 1. The van der Waals surface area contributed by atoms with Crippen molar-refractivity contribution in [1.82, 2.24) is 24.1 Å². The molecule has 1 fully saturated rings. The molecule has 0 saturated carbocycles. The molecule has 3 aromatic heterocycles. The van der Waals surface area contributed by atoms with Gasteiger partial charge in [-0.1, -0.05) is 30.3 Å². The minimum atomic E-state index is -0.436. The summed E-state index contributed by atoms with van der Waals surface area (Å²) < 4.78 is 37.9. The number of halogens is 2. The smallest absolute Gasteiger partial charge is 0.259 e. The van der Waals surface area contributed by atoms with E-state index in [1.807, 2.05) is 37.4 Å². The molecule has 1 aliphatic heterocycles. The van der Waals surface area contributed by atoms with Crippen LogP contribution in [0.15, 0.2) is 85.3 Å². The number of para-hydroxylation sites is 2. The van der Waals surface area contributed by atoms with Gasteiger partial charge in [0.15, 0.2) is 0 Å². The highest BCUT2D eigenvalue weighted by Crippen LogP contribution is 2.31. The molecule has 222 valence electrons. The van der Waals surface area contributed by atoms with Crippen LogP contribution in [0.25, 0.3) is 22.1 Å². The summed E-state index contributed by atoms with van der Waals surface area (Å²) in [6, 6.07) is 20.4. The van der Waals surface area contributed by atoms with Gasteiger partial charge in [-0.2, -0.15) is 4.98 Å². The Morgan fingerprint density at radius 2 is 1.75 bits per heavy atom. The second kappa shape index (κ2) is 11.4. The highest BCUT2D eigenvalue weighted by Gasteiger charge is 2.27. The molecule has 0 radical (unpaired) electrons. The summed E-state index contributed by atoms with van der Waals surface area (Å²) >= 11 is 0. The number of carbonyl (C=O) groups is 1. The number of ether oxygens (including phenoxy) is 1. The summed E-state index contributed by atoms with van der Waals surface area (Å²) in [6.45, 7) is 1.92. The summed E-state index contributed by atoms with van der Waals surface area (Å²) in [5, 5.41) is 2.73. The van der Waals surface area contributed by atoms with Gasteiger partial charge >= 0.3 is 0 Å². The molecule has 1 amide bonds. The molecule has 6 aromatic rings. The highest BCUT2D eigenvalue weighted by molar-refractivity contribution is 6.12. The molecule has 1 N–H and O–H groups in total. The van der Waals surface area contributed by atoms with Gasteiger partial charge in [-0.05, 0) is 48.0 Å². The van der Waals surface area contributed by atoms with Crippen LogP contribution in [0, 0.1) is 11.6 Å². The Bertz CT molecular complexity index is 2000. The van der Waals surface area contributed by atoms with Crippen LogP contribution >= 0.6 is 0 Å². The molecule has 1 aliphatic rings. The third-order valence-corrected chi connectivity index (χ3v) is 7.91. The third kappa shape index (κ3) is 5.32. The topological polar surface area (TPSA) is 90.1 Å². The number of nitrogens with zero attached hydrogens (tertiary/aromatic N) is 6. The first-order chi connectivity index (χ1) is 21.4. The zero-order chi connectivity index (χ0) is 30.2. The van der Waals surface area contributed by atoms with Gasteiger partial charge in [0.2, 0.25) is 11.8 Å². The van der Waals surface area contributed by atoms with Crippen LogP contribution in [-0.2, 0) is 13.6 Å². The summed E-state index contributed by atoms with van der Waals surface area (Å²) in [7, 11) is 1.81. The normalized spacial score (nSPS) is 13.9. The standard InChI is InChI=1S/C33H29F2N7O2/c1-40-19-26(31(43)38-24-9-5-8-23(35)17-24)29-30(40)32(37-20-36-29)44-25-12-14-41(15-13-25)33-39-27-10-2-3-11-28(27)42(33)18-21-6-4-7-22(34)16-21/h2-11,16-17,19-20,25H,12-15,18H2,1H3,(H,38,43). The average Bonchev–Trinajstić information content (AvgIpc) is 3.56. The van der Waals surface area contributed by atoms with E-state index in [1.54, 1.807) is 29.0 Å². The molecule has 3 aromatic carbocycles. The van der Waals surface area contributed by atoms with Crippen molar-refractivity contribution in [3.8, 4) is 5.88 Å². The Morgan fingerprint density at radius 3 is 2.55 bits per heavy atom. The fourth-order valence-electron chi connectivity index (χ4n) is 5.82. The Labute approximate surface area is 251 Å². The predicted octanol–water partition coefficient (Wildman–Crippen LogP) is 5.94. The van der Waals surface area contributed by atoms with Crippen molar-refractivity contribution >= 4 is 39.6 Å². The summed E-state index contributed by atoms with van der Waals surface area (Å²) in [5.41, 5.74) is 4.51. The number of hydrogen-bond acceptors (Lipinski definition) is 6. The molecule has 9 nitrogen and oxygen atoms in total. The van der Waals surface area contributed by atoms with E-state index in [0.29, 0.717) is 47.8 Å². The van der Waals surface area contributed by atoms with E-state index >= 15 is 0 Å². The molecule has 0 atom stereocenters. The van der Waals surface area contributed by atoms with E-state index < -0.39 is 11.7 Å². The number of imidazole rings is 1. The average molecular weight is 594 g/mol. The largest absolute Gasteiger partial charge is 0.473 e. The third-order valence-electron chi connectivity index (χ3n) is 7.91. The minimum absolute atomic E-state index is 0.107. The molecular weight excluding hydrogens is 564 g/mol. The maximum atomic E-state index is 14.0. The first kappa shape index (κ1) is 27.5. The van der Waals surface area contributed by atoms with Gasteiger partial charge in [-0.15, -0.1) is 0 Å². The van der Waals surface area contributed by atoms with E-state index in [0.717, 1.165) is 35.4 Å². The van der Waals surface area contributed by atoms with Crippen molar-refractivity contribution in [2.45, 2.75) is 25.5 Å². The van der Waals surface area contributed by atoms with Crippen molar-refractivity contribution in [2.24, 2.45) is 7.05 Å². The second-order valence-electron chi connectivity index (χ2n) is 10.9. The molecule has 7 rings (SSSR count). The number of piperidine rings is 1. The van der Waals surface area contributed by atoms with Gasteiger partial charge < -0.3 is 24.1 Å². The molecule has 1 saturated heterocycles. The van der Waals surface area contributed by atoms with E-state index in [9.17, 15) is 13.6 Å². The number of hydrogen-bond donors (Lipinski definition) is 1. The van der Waals surface area contributed by atoms with Gasteiger partial charge in [0.05, 0.1) is 23.1 Å². The van der Waals surface area contributed by atoms with E-state index in [4.69, 9.17) is 9.72 Å². The lowest BCUT2D eigenvalue weighted by molar-refractivity contribution is 0.102. The summed E-state index contributed by atoms with van der Waals surface area (Å²) in [4.78, 5) is 29.0. The molecule has 11 heteroatoms. The molecule has 44 heavy (non-hydrogen) atoms. The van der Waals surface area contributed by atoms with E-state index in [2.05, 4.69) is 24.8 Å². The number of rotatable bonds is 7. The Morgan fingerprint density at radius 1 is 0.977 bits per heavy atom. The lowest BCUT2D eigenvalue weighted by Gasteiger charge is -2.33. The quantitative estimate of drug-likeness (QED) is 0.246. The number of aryl methyl sites for hydroxylation is 1.